The van der Waals surface area contributed by atoms with E-state index in [0.29, 0.717) is 22.8 Å². The van der Waals surface area contributed by atoms with Gasteiger partial charge in [0.2, 0.25) is 5.91 Å². The van der Waals surface area contributed by atoms with E-state index in [-0.39, 0.29) is 11.5 Å². The fourth-order valence-corrected chi connectivity index (χ4v) is 5.92. The molecule has 210 valence electrons. The summed E-state index contributed by atoms with van der Waals surface area (Å²) in [4.78, 5) is 56.0. The number of para-hydroxylation sites is 3. The van der Waals surface area contributed by atoms with Crippen LogP contribution in [-0.2, 0) is 19.2 Å². The summed E-state index contributed by atoms with van der Waals surface area (Å²) in [6.07, 6.45) is 0. The van der Waals surface area contributed by atoms with Gasteiger partial charge in [0, 0.05) is 12.6 Å². The summed E-state index contributed by atoms with van der Waals surface area (Å²) in [7, 11) is 0. The van der Waals surface area contributed by atoms with Gasteiger partial charge in [0.1, 0.15) is 23.1 Å². The highest BCUT2D eigenvalue weighted by atomic mass is 16.2. The lowest BCUT2D eigenvalue weighted by Gasteiger charge is -2.37. The Morgan fingerprint density at radius 3 is 1.62 bits per heavy atom. The minimum atomic E-state index is -1.88. The molecular formula is C31H27N7O4. The van der Waals surface area contributed by atoms with E-state index in [2.05, 4.69) is 20.6 Å². The van der Waals surface area contributed by atoms with E-state index in [1.54, 1.807) is 92.7 Å². The number of nitrogens with one attached hydrogen (secondary N) is 1. The van der Waals surface area contributed by atoms with Crippen LogP contribution >= 0.6 is 0 Å². The van der Waals surface area contributed by atoms with Crippen molar-refractivity contribution in [3.8, 4) is 0 Å². The second kappa shape index (κ2) is 10.2. The molecule has 3 aliphatic rings. The highest BCUT2D eigenvalue weighted by Crippen LogP contribution is 2.50. The Morgan fingerprint density at radius 2 is 1.12 bits per heavy atom. The van der Waals surface area contributed by atoms with Crippen molar-refractivity contribution in [2.75, 3.05) is 15.0 Å². The van der Waals surface area contributed by atoms with Gasteiger partial charge in [-0.2, -0.15) is 25.3 Å². The fraction of sp³-hybridized carbons (Fsp3) is 0.194. The van der Waals surface area contributed by atoms with Crippen LogP contribution in [0.2, 0.25) is 0 Å². The molecule has 3 aliphatic heterocycles. The molecule has 0 saturated carbocycles. The van der Waals surface area contributed by atoms with Crippen molar-refractivity contribution >= 4 is 57.9 Å². The molecule has 3 heterocycles. The molecule has 0 saturated heterocycles. The van der Waals surface area contributed by atoms with Gasteiger partial charge in [0.25, 0.3) is 17.7 Å². The van der Waals surface area contributed by atoms with Crippen molar-refractivity contribution in [3.63, 3.8) is 0 Å². The number of hydrazone groups is 3. The quantitative estimate of drug-likeness (QED) is 0.511. The first-order valence-electron chi connectivity index (χ1n) is 13.4. The zero-order valence-electron chi connectivity index (χ0n) is 23.1. The summed E-state index contributed by atoms with van der Waals surface area (Å²) in [5.74, 6) is -4.81. The van der Waals surface area contributed by atoms with Crippen LogP contribution in [0, 0.1) is 17.3 Å². The number of benzene rings is 3. The molecule has 3 aromatic carbocycles. The van der Waals surface area contributed by atoms with Crippen LogP contribution in [0.25, 0.3) is 0 Å². The molecule has 6 rings (SSSR count). The summed E-state index contributed by atoms with van der Waals surface area (Å²) < 4.78 is 0. The highest BCUT2D eigenvalue weighted by Gasteiger charge is 2.69. The van der Waals surface area contributed by atoms with Crippen molar-refractivity contribution in [2.24, 2.45) is 32.6 Å². The predicted octanol–water partition coefficient (Wildman–Crippen LogP) is 3.55. The van der Waals surface area contributed by atoms with E-state index >= 15 is 0 Å². The van der Waals surface area contributed by atoms with Crippen LogP contribution in [0.1, 0.15) is 20.8 Å². The maximum atomic E-state index is 14.8. The first-order valence-corrected chi connectivity index (χ1v) is 13.4. The van der Waals surface area contributed by atoms with Crippen LogP contribution in [0.3, 0.4) is 0 Å². The number of carbonyl (C=O) groups excluding carboxylic acids is 4. The van der Waals surface area contributed by atoms with Gasteiger partial charge in [-0.05, 0) is 50.2 Å². The zero-order valence-corrected chi connectivity index (χ0v) is 23.1. The third-order valence-corrected chi connectivity index (χ3v) is 7.68. The minimum Gasteiger partial charge on any atom is -0.312 e. The monoisotopic (exact) mass is 561 g/mol. The second-order valence-electron chi connectivity index (χ2n) is 10.3. The molecule has 4 amide bonds. The van der Waals surface area contributed by atoms with Crippen LogP contribution < -0.4 is 20.3 Å². The van der Waals surface area contributed by atoms with Gasteiger partial charge < -0.3 is 5.32 Å². The van der Waals surface area contributed by atoms with Crippen molar-refractivity contribution in [1.82, 2.24) is 5.32 Å². The topological polar surface area (TPSA) is 127 Å². The fourth-order valence-electron chi connectivity index (χ4n) is 5.92. The Hall–Kier alpha value is -5.45. The number of amides is 4. The van der Waals surface area contributed by atoms with Gasteiger partial charge in [-0.25, -0.2) is 5.01 Å². The van der Waals surface area contributed by atoms with Crippen molar-refractivity contribution < 1.29 is 19.2 Å². The molecule has 11 heteroatoms. The van der Waals surface area contributed by atoms with Gasteiger partial charge in [-0.15, -0.1) is 0 Å². The normalized spacial score (nSPS) is 23.7. The molecule has 0 spiro atoms. The van der Waals surface area contributed by atoms with Crippen LogP contribution in [0.5, 0.6) is 0 Å². The molecule has 0 aromatic heterocycles. The molecule has 3 atom stereocenters. The molecular weight excluding hydrogens is 534 g/mol. The van der Waals surface area contributed by atoms with Crippen molar-refractivity contribution in [3.05, 3.63) is 91.0 Å². The smallest absolute Gasteiger partial charge is 0.261 e. The average molecular weight is 562 g/mol. The number of nitrogens with zero attached hydrogens (tertiary/aromatic N) is 6. The van der Waals surface area contributed by atoms with Crippen LogP contribution in [0.4, 0.5) is 17.1 Å². The first kappa shape index (κ1) is 26.8. The van der Waals surface area contributed by atoms with Crippen molar-refractivity contribution in [2.45, 2.75) is 20.8 Å². The van der Waals surface area contributed by atoms with Crippen LogP contribution in [-0.4, -0.2) is 40.9 Å². The maximum Gasteiger partial charge on any atom is 0.261 e. The standard InChI is InChI=1S/C31H27N7O4/c1-19-25(28(40)36(33-19)22-13-7-4-8-14-22)31(20(2)34-38(30(31)42)24-17-11-6-12-18-24)26-27(32-21(3)39)35-37(29(26)41)23-15-9-5-10-16-23/h4-18,25-26H,1-3H3,(H,32,35,39). The summed E-state index contributed by atoms with van der Waals surface area (Å²) in [6, 6.07) is 26.3. The first-order chi connectivity index (χ1) is 20.2. The summed E-state index contributed by atoms with van der Waals surface area (Å²) in [5, 5.41) is 20.0. The minimum absolute atomic E-state index is 0.0482. The van der Waals surface area contributed by atoms with E-state index in [0.717, 1.165) is 5.01 Å². The Balaban J connectivity index is 1.55. The largest absolute Gasteiger partial charge is 0.312 e. The molecule has 0 fully saturated rings. The van der Waals surface area contributed by atoms with E-state index < -0.39 is 40.9 Å². The third kappa shape index (κ3) is 4.00. The third-order valence-electron chi connectivity index (χ3n) is 7.68. The second-order valence-corrected chi connectivity index (χ2v) is 10.3. The number of anilines is 3. The van der Waals surface area contributed by atoms with Gasteiger partial charge in [-0.1, -0.05) is 54.6 Å². The molecule has 0 bridgehead atoms. The van der Waals surface area contributed by atoms with E-state index in [1.165, 1.54) is 16.9 Å². The number of amidine groups is 1. The lowest BCUT2D eigenvalue weighted by Crippen LogP contribution is -2.60. The number of hydrogen-bond acceptors (Lipinski definition) is 7. The average Bonchev–Trinajstić information content (AvgIpc) is 3.57. The van der Waals surface area contributed by atoms with E-state index in [1.807, 2.05) is 12.1 Å². The van der Waals surface area contributed by atoms with E-state index in [9.17, 15) is 19.2 Å². The molecule has 1 N–H and O–H groups in total. The Morgan fingerprint density at radius 1 is 0.667 bits per heavy atom. The summed E-state index contributed by atoms with van der Waals surface area (Å²) in [5.41, 5.74) is 0.0922. The molecule has 0 radical (unpaired) electrons. The summed E-state index contributed by atoms with van der Waals surface area (Å²) in [6.45, 7) is 4.57. The zero-order chi connectivity index (χ0) is 29.6. The molecule has 11 nitrogen and oxygen atoms in total. The van der Waals surface area contributed by atoms with Gasteiger partial charge >= 0.3 is 0 Å². The number of carbonyl (C=O) groups is 4. The molecule has 0 aliphatic carbocycles. The maximum absolute atomic E-state index is 14.8. The number of rotatable bonds is 5. The number of hydrogen-bond donors (Lipinski definition) is 1. The lowest BCUT2D eigenvalue weighted by molar-refractivity contribution is -0.136. The predicted molar refractivity (Wildman–Crippen MR) is 159 cm³/mol. The Bertz CT molecular complexity index is 1690. The molecule has 3 unspecified atom stereocenters. The molecule has 3 aromatic rings. The lowest BCUT2D eigenvalue weighted by atomic mass is 9.61. The highest BCUT2D eigenvalue weighted by molar-refractivity contribution is 6.34. The van der Waals surface area contributed by atoms with Gasteiger partial charge in [0.05, 0.1) is 22.8 Å². The van der Waals surface area contributed by atoms with E-state index in [4.69, 9.17) is 0 Å². The molecule has 42 heavy (non-hydrogen) atoms. The Kier molecular flexibility index (Phi) is 6.49. The van der Waals surface area contributed by atoms with Gasteiger partial charge in [-0.3, -0.25) is 19.2 Å². The Labute approximate surface area is 241 Å². The van der Waals surface area contributed by atoms with Crippen molar-refractivity contribution in [1.29, 1.82) is 0 Å². The van der Waals surface area contributed by atoms with Gasteiger partial charge in [0.15, 0.2) is 0 Å². The SMILES string of the molecule is CC(=O)NC1=NN(c2ccccc2)C(=O)C1C1(C2C(=O)N(c3ccccc3)N=C2C)C(=O)N(c2ccccc2)N=C1C. The summed E-state index contributed by atoms with van der Waals surface area (Å²) >= 11 is 0. The van der Waals surface area contributed by atoms with Crippen LogP contribution in [0.15, 0.2) is 106 Å².